The van der Waals surface area contributed by atoms with Gasteiger partial charge in [0.1, 0.15) is 6.54 Å². The minimum Gasteiger partial charge on any atom is -0.480 e. The van der Waals surface area contributed by atoms with Crippen LogP contribution in [0.3, 0.4) is 0 Å². The van der Waals surface area contributed by atoms with E-state index < -0.39 is 24.4 Å². The first-order valence-corrected chi connectivity index (χ1v) is 3.18. The van der Waals surface area contributed by atoms with Gasteiger partial charge in [0.05, 0.1) is 0 Å². The van der Waals surface area contributed by atoms with Gasteiger partial charge in [-0.3, -0.25) is 15.0 Å². The van der Waals surface area contributed by atoms with Crippen LogP contribution < -0.4 is 10.9 Å². The molecule has 4 N–H and O–H groups in total. The summed E-state index contributed by atoms with van der Waals surface area (Å²) in [7, 11) is 0. The molecular formula is C6H8N2O5. The van der Waals surface area contributed by atoms with E-state index >= 15 is 0 Å². The van der Waals surface area contributed by atoms with E-state index in [-0.39, 0.29) is 0 Å². The molecule has 0 aromatic carbocycles. The van der Waals surface area contributed by atoms with Crippen LogP contribution in [0.5, 0.6) is 0 Å². The zero-order chi connectivity index (χ0) is 10.3. The number of carbonyl (C=O) groups is 3. The summed E-state index contributed by atoms with van der Waals surface area (Å²) in [5.74, 6) is -3.13. The number of hydrogen-bond acceptors (Lipinski definition) is 4. The van der Waals surface area contributed by atoms with Crippen molar-refractivity contribution in [3.8, 4) is 0 Å². The van der Waals surface area contributed by atoms with Gasteiger partial charge in [-0.2, -0.15) is 0 Å². The molecule has 0 spiro atoms. The molecule has 0 fully saturated rings. The maximum absolute atomic E-state index is 10.6. The number of carboxylic acid groups (broad SMARTS) is 2. The highest BCUT2D eigenvalue weighted by Gasteiger charge is 1.97. The highest BCUT2D eigenvalue weighted by atomic mass is 16.4. The minimum atomic E-state index is -1.26. The lowest BCUT2D eigenvalue weighted by Gasteiger charge is -1.99. The number of hydrogen-bond donors (Lipinski definition) is 4. The summed E-state index contributed by atoms with van der Waals surface area (Å²) in [6.45, 7) is -0.438. The van der Waals surface area contributed by atoms with E-state index in [2.05, 4.69) is 5.43 Å². The molecule has 1 amide bonds. The third kappa shape index (κ3) is 8.01. The Labute approximate surface area is 73.0 Å². The van der Waals surface area contributed by atoms with Crippen LogP contribution >= 0.6 is 0 Å². The van der Waals surface area contributed by atoms with Crippen LogP contribution in [0.2, 0.25) is 0 Å². The van der Waals surface area contributed by atoms with Crippen molar-refractivity contribution in [2.75, 3.05) is 6.54 Å². The van der Waals surface area contributed by atoms with Gasteiger partial charge in [0.25, 0.3) is 5.91 Å². The molecule has 0 aliphatic carbocycles. The van der Waals surface area contributed by atoms with Crippen LogP contribution in [0, 0.1) is 0 Å². The molecule has 0 unspecified atom stereocenters. The van der Waals surface area contributed by atoms with Gasteiger partial charge in [0, 0.05) is 12.2 Å². The van der Waals surface area contributed by atoms with Gasteiger partial charge in [0.15, 0.2) is 0 Å². The highest BCUT2D eigenvalue weighted by Crippen LogP contribution is 1.72. The number of rotatable bonds is 5. The summed E-state index contributed by atoms with van der Waals surface area (Å²) in [4.78, 5) is 30.4. The second-order valence-corrected chi connectivity index (χ2v) is 1.91. The molecular weight excluding hydrogens is 180 g/mol. The Morgan fingerprint density at radius 1 is 1.15 bits per heavy atom. The molecule has 0 aromatic rings. The lowest BCUT2D eigenvalue weighted by atomic mass is 10.5. The van der Waals surface area contributed by atoms with Gasteiger partial charge in [-0.05, 0) is 0 Å². The van der Waals surface area contributed by atoms with Crippen LogP contribution in [0.25, 0.3) is 0 Å². The van der Waals surface area contributed by atoms with E-state index in [4.69, 9.17) is 10.2 Å². The molecule has 7 heteroatoms. The van der Waals surface area contributed by atoms with Crippen molar-refractivity contribution >= 4 is 17.8 Å². The van der Waals surface area contributed by atoms with Gasteiger partial charge in [-0.1, -0.05) is 0 Å². The number of nitrogens with one attached hydrogen (secondary N) is 2. The van der Waals surface area contributed by atoms with Crippen molar-refractivity contribution in [1.29, 1.82) is 0 Å². The fraction of sp³-hybridized carbons (Fsp3) is 0.167. The summed E-state index contributed by atoms with van der Waals surface area (Å²) in [6, 6.07) is 0. The minimum absolute atomic E-state index is 0.438. The first-order chi connectivity index (χ1) is 6.02. The Hall–Kier alpha value is -1.89. The molecule has 0 aromatic heterocycles. The monoisotopic (exact) mass is 188 g/mol. The molecule has 7 nitrogen and oxygen atoms in total. The number of amides is 1. The van der Waals surface area contributed by atoms with E-state index in [0.717, 1.165) is 6.08 Å². The third-order valence-corrected chi connectivity index (χ3v) is 0.828. The van der Waals surface area contributed by atoms with E-state index in [1.54, 1.807) is 0 Å². The zero-order valence-corrected chi connectivity index (χ0v) is 6.48. The molecule has 0 rings (SSSR count). The second-order valence-electron chi connectivity index (χ2n) is 1.91. The Morgan fingerprint density at radius 3 is 2.23 bits per heavy atom. The number of aliphatic carboxylic acids is 2. The average molecular weight is 188 g/mol. The van der Waals surface area contributed by atoms with E-state index in [9.17, 15) is 14.4 Å². The van der Waals surface area contributed by atoms with Crippen LogP contribution in [-0.2, 0) is 14.4 Å². The standard InChI is InChI=1S/C6H8N2O5/c9-4(1-2-5(10)11)8-7-3-6(12)13/h1-2,7H,3H2,(H,8,9)(H,10,11)(H,12,13)/b2-1-. The molecule has 0 bridgehead atoms. The summed E-state index contributed by atoms with van der Waals surface area (Å²) < 4.78 is 0. The van der Waals surface area contributed by atoms with Crippen molar-refractivity contribution in [2.45, 2.75) is 0 Å². The van der Waals surface area contributed by atoms with Gasteiger partial charge >= 0.3 is 11.9 Å². The molecule has 0 saturated heterocycles. The number of hydrazine groups is 1. The van der Waals surface area contributed by atoms with E-state index in [1.165, 1.54) is 0 Å². The molecule has 0 aliphatic heterocycles. The fourth-order valence-electron chi connectivity index (χ4n) is 0.396. The first-order valence-electron chi connectivity index (χ1n) is 3.18. The highest BCUT2D eigenvalue weighted by molar-refractivity contribution is 5.93. The largest absolute Gasteiger partial charge is 0.480 e. The Balaban J connectivity index is 3.64. The third-order valence-electron chi connectivity index (χ3n) is 0.828. The molecule has 0 aliphatic rings. The summed E-state index contributed by atoms with van der Waals surface area (Å²) in [5.41, 5.74) is 4.01. The molecule has 0 atom stereocenters. The smallest absolute Gasteiger partial charge is 0.328 e. The van der Waals surface area contributed by atoms with E-state index in [0.29, 0.717) is 6.08 Å². The quantitative estimate of drug-likeness (QED) is 0.303. The van der Waals surface area contributed by atoms with Gasteiger partial charge in [-0.25, -0.2) is 10.2 Å². The van der Waals surface area contributed by atoms with Crippen LogP contribution in [0.1, 0.15) is 0 Å². The maximum atomic E-state index is 10.6. The molecule has 0 radical (unpaired) electrons. The van der Waals surface area contributed by atoms with Crippen LogP contribution in [0.15, 0.2) is 12.2 Å². The number of carbonyl (C=O) groups excluding carboxylic acids is 1. The Morgan fingerprint density at radius 2 is 1.77 bits per heavy atom. The van der Waals surface area contributed by atoms with Gasteiger partial charge < -0.3 is 10.2 Å². The van der Waals surface area contributed by atoms with Crippen molar-refractivity contribution in [3.63, 3.8) is 0 Å². The average Bonchev–Trinajstić information content (AvgIpc) is 2.00. The second kappa shape index (κ2) is 5.72. The zero-order valence-electron chi connectivity index (χ0n) is 6.48. The fourth-order valence-corrected chi connectivity index (χ4v) is 0.396. The van der Waals surface area contributed by atoms with Gasteiger partial charge in [-0.15, -0.1) is 0 Å². The summed E-state index contributed by atoms with van der Waals surface area (Å²) in [6.07, 6.45) is 1.40. The molecule has 72 valence electrons. The van der Waals surface area contributed by atoms with Crippen molar-refractivity contribution < 1.29 is 24.6 Å². The molecule has 0 heterocycles. The first kappa shape index (κ1) is 11.1. The molecule has 0 saturated carbocycles. The van der Waals surface area contributed by atoms with E-state index in [1.807, 2.05) is 5.43 Å². The lowest BCUT2D eigenvalue weighted by Crippen LogP contribution is -2.39. The predicted molar refractivity (Wildman–Crippen MR) is 40.6 cm³/mol. The lowest BCUT2D eigenvalue weighted by molar-refractivity contribution is -0.136. The normalized spacial score (nSPS) is 9.85. The van der Waals surface area contributed by atoms with Crippen molar-refractivity contribution in [2.24, 2.45) is 0 Å². The topological polar surface area (TPSA) is 116 Å². The SMILES string of the molecule is O=C(O)/C=C\C(=O)NNCC(=O)O. The summed E-state index contributed by atoms with van der Waals surface area (Å²) in [5, 5.41) is 16.2. The van der Waals surface area contributed by atoms with Crippen LogP contribution in [0.4, 0.5) is 0 Å². The van der Waals surface area contributed by atoms with Crippen molar-refractivity contribution in [1.82, 2.24) is 10.9 Å². The predicted octanol–water partition coefficient (Wildman–Crippen LogP) is -1.67. The Bertz CT molecular complexity index is 247. The maximum Gasteiger partial charge on any atom is 0.328 e. The number of carboxylic acids is 2. The summed E-state index contributed by atoms with van der Waals surface area (Å²) >= 11 is 0. The Kier molecular flexibility index (Phi) is 4.89. The van der Waals surface area contributed by atoms with Gasteiger partial charge in [0.2, 0.25) is 0 Å². The molecule has 13 heavy (non-hydrogen) atoms. The van der Waals surface area contributed by atoms with Crippen LogP contribution in [-0.4, -0.2) is 34.6 Å². The van der Waals surface area contributed by atoms with Crippen molar-refractivity contribution in [3.05, 3.63) is 12.2 Å².